The molecule has 1 aliphatic heterocycles. The summed E-state index contributed by atoms with van der Waals surface area (Å²) in [4.78, 5) is 0. The fraction of sp³-hybridized carbons (Fsp3) is 0.714. The van der Waals surface area contributed by atoms with Gasteiger partial charge in [-0.1, -0.05) is 0 Å². The zero-order valence-electron chi connectivity index (χ0n) is 6.61. The minimum Gasteiger partial charge on any atom is -0.303 e. The number of aromatic nitrogens is 3. The van der Waals surface area contributed by atoms with Gasteiger partial charge in [-0.15, -0.1) is 10.2 Å². The second-order valence-corrected chi connectivity index (χ2v) is 4.63. The van der Waals surface area contributed by atoms with Crippen LogP contribution in [0.3, 0.4) is 0 Å². The van der Waals surface area contributed by atoms with Gasteiger partial charge in [-0.2, -0.15) is 11.8 Å². The molecule has 0 bridgehead atoms. The first-order valence-corrected chi connectivity index (χ1v) is 5.44. The lowest BCUT2D eigenvalue weighted by molar-refractivity contribution is 0.637. The van der Waals surface area contributed by atoms with Crippen LogP contribution in [-0.2, 0) is 6.54 Å². The van der Waals surface area contributed by atoms with Crippen molar-refractivity contribution in [1.29, 1.82) is 0 Å². The standard InChI is InChI=1S/C7H10ClN3S/c8-7-10-9-5-11(7)4-6-2-1-3-12-6/h5-6H,1-4H2. The Hall–Kier alpha value is -0.220. The summed E-state index contributed by atoms with van der Waals surface area (Å²) in [6.45, 7) is 0.955. The van der Waals surface area contributed by atoms with E-state index in [1.165, 1.54) is 18.6 Å². The quantitative estimate of drug-likeness (QED) is 0.735. The van der Waals surface area contributed by atoms with Gasteiger partial charge in [0.2, 0.25) is 5.28 Å². The summed E-state index contributed by atoms with van der Waals surface area (Å²) < 4.78 is 1.91. The number of halogens is 1. The average molecular weight is 204 g/mol. The van der Waals surface area contributed by atoms with Gasteiger partial charge in [-0.25, -0.2) is 0 Å². The van der Waals surface area contributed by atoms with Crippen LogP contribution >= 0.6 is 23.4 Å². The molecule has 1 saturated heterocycles. The molecule has 0 amide bonds. The Kier molecular flexibility index (Phi) is 2.56. The summed E-state index contributed by atoms with van der Waals surface area (Å²) in [7, 11) is 0. The van der Waals surface area contributed by atoms with Crippen LogP contribution in [0.4, 0.5) is 0 Å². The van der Waals surface area contributed by atoms with Gasteiger partial charge in [0.15, 0.2) is 0 Å². The third-order valence-electron chi connectivity index (χ3n) is 1.99. The van der Waals surface area contributed by atoms with Crippen LogP contribution in [0.2, 0.25) is 5.28 Å². The normalized spacial score (nSPS) is 23.2. The van der Waals surface area contributed by atoms with E-state index in [1.807, 2.05) is 16.3 Å². The molecule has 0 aliphatic carbocycles. The second-order valence-electron chi connectivity index (χ2n) is 2.89. The molecule has 2 rings (SSSR count). The van der Waals surface area contributed by atoms with E-state index < -0.39 is 0 Å². The molecule has 0 saturated carbocycles. The molecule has 0 aromatic carbocycles. The number of hydrogen-bond donors (Lipinski definition) is 0. The molecule has 3 nitrogen and oxygen atoms in total. The van der Waals surface area contributed by atoms with Crippen molar-refractivity contribution in [1.82, 2.24) is 14.8 Å². The van der Waals surface area contributed by atoms with E-state index in [1.54, 1.807) is 6.33 Å². The maximum Gasteiger partial charge on any atom is 0.224 e. The first-order valence-electron chi connectivity index (χ1n) is 4.01. The highest BCUT2D eigenvalue weighted by atomic mass is 35.5. The van der Waals surface area contributed by atoms with Crippen molar-refractivity contribution in [3.8, 4) is 0 Å². The molecule has 1 atom stereocenters. The highest BCUT2D eigenvalue weighted by Crippen LogP contribution is 2.27. The van der Waals surface area contributed by atoms with Crippen molar-refractivity contribution in [2.24, 2.45) is 0 Å². The number of nitrogens with zero attached hydrogens (tertiary/aromatic N) is 3. The SMILES string of the molecule is Clc1nncn1CC1CCCS1. The molecule has 5 heteroatoms. The Morgan fingerprint density at radius 3 is 3.25 bits per heavy atom. The molecule has 66 valence electrons. The zero-order valence-corrected chi connectivity index (χ0v) is 8.18. The second kappa shape index (κ2) is 3.66. The highest BCUT2D eigenvalue weighted by molar-refractivity contribution is 8.00. The Balaban J connectivity index is 1.98. The van der Waals surface area contributed by atoms with Crippen LogP contribution in [0.15, 0.2) is 6.33 Å². The molecular weight excluding hydrogens is 194 g/mol. The lowest BCUT2D eigenvalue weighted by atomic mass is 10.2. The first-order chi connectivity index (χ1) is 5.86. The molecule has 2 heterocycles. The average Bonchev–Trinajstić information content (AvgIpc) is 2.65. The number of rotatable bonds is 2. The minimum atomic E-state index is 0.502. The Morgan fingerprint density at radius 1 is 1.75 bits per heavy atom. The van der Waals surface area contributed by atoms with Crippen molar-refractivity contribution in [2.45, 2.75) is 24.6 Å². The number of hydrogen-bond acceptors (Lipinski definition) is 3. The van der Waals surface area contributed by atoms with Crippen LogP contribution in [0.1, 0.15) is 12.8 Å². The van der Waals surface area contributed by atoms with Gasteiger partial charge in [0.05, 0.1) is 0 Å². The van der Waals surface area contributed by atoms with E-state index in [0.29, 0.717) is 10.5 Å². The van der Waals surface area contributed by atoms with Crippen LogP contribution in [0, 0.1) is 0 Å². The van der Waals surface area contributed by atoms with Crippen LogP contribution in [0.5, 0.6) is 0 Å². The smallest absolute Gasteiger partial charge is 0.224 e. The molecule has 1 unspecified atom stereocenters. The maximum absolute atomic E-state index is 5.80. The first kappa shape index (κ1) is 8.38. The van der Waals surface area contributed by atoms with Crippen LogP contribution < -0.4 is 0 Å². The van der Waals surface area contributed by atoms with Gasteiger partial charge in [0.1, 0.15) is 6.33 Å². The van der Waals surface area contributed by atoms with E-state index in [4.69, 9.17) is 11.6 Å². The van der Waals surface area contributed by atoms with Gasteiger partial charge >= 0.3 is 0 Å². The lowest BCUT2D eigenvalue weighted by Gasteiger charge is -2.08. The van der Waals surface area contributed by atoms with Gasteiger partial charge in [0, 0.05) is 11.8 Å². The molecule has 1 aromatic rings. The van der Waals surface area contributed by atoms with E-state index in [0.717, 1.165) is 6.54 Å². The summed E-state index contributed by atoms with van der Waals surface area (Å²) in [5.74, 6) is 1.28. The molecule has 1 fully saturated rings. The summed E-state index contributed by atoms with van der Waals surface area (Å²) in [6.07, 6.45) is 4.31. The predicted octanol–water partition coefficient (Wildman–Crippen LogP) is 1.83. The van der Waals surface area contributed by atoms with Gasteiger partial charge in [0.25, 0.3) is 0 Å². The van der Waals surface area contributed by atoms with Crippen molar-refractivity contribution >= 4 is 23.4 Å². The molecule has 0 spiro atoms. The van der Waals surface area contributed by atoms with Crippen LogP contribution in [0.25, 0.3) is 0 Å². The summed E-state index contributed by atoms with van der Waals surface area (Å²) >= 11 is 7.81. The molecule has 12 heavy (non-hydrogen) atoms. The van der Waals surface area contributed by atoms with E-state index in [-0.39, 0.29) is 0 Å². The molecule has 0 radical (unpaired) electrons. The van der Waals surface area contributed by atoms with Gasteiger partial charge in [-0.05, 0) is 30.2 Å². The molecule has 1 aliphatic rings. The Labute approximate surface area is 80.5 Å². The summed E-state index contributed by atoms with van der Waals surface area (Å²) in [5.41, 5.74) is 0. The zero-order chi connectivity index (χ0) is 8.39. The fourth-order valence-corrected chi connectivity index (χ4v) is 2.79. The minimum absolute atomic E-state index is 0.502. The third kappa shape index (κ3) is 1.75. The van der Waals surface area contributed by atoms with Crippen molar-refractivity contribution in [2.75, 3.05) is 5.75 Å². The van der Waals surface area contributed by atoms with E-state index in [9.17, 15) is 0 Å². The topological polar surface area (TPSA) is 30.7 Å². The lowest BCUT2D eigenvalue weighted by Crippen LogP contribution is -2.08. The van der Waals surface area contributed by atoms with Crippen molar-refractivity contribution < 1.29 is 0 Å². The summed E-state index contributed by atoms with van der Waals surface area (Å²) in [5, 5.41) is 8.67. The Morgan fingerprint density at radius 2 is 2.67 bits per heavy atom. The fourth-order valence-electron chi connectivity index (χ4n) is 1.37. The van der Waals surface area contributed by atoms with E-state index >= 15 is 0 Å². The summed E-state index contributed by atoms with van der Waals surface area (Å²) in [6, 6.07) is 0. The van der Waals surface area contributed by atoms with Crippen LogP contribution in [-0.4, -0.2) is 25.8 Å². The van der Waals surface area contributed by atoms with Crippen molar-refractivity contribution in [3.63, 3.8) is 0 Å². The van der Waals surface area contributed by atoms with Gasteiger partial charge in [-0.3, -0.25) is 0 Å². The monoisotopic (exact) mass is 203 g/mol. The van der Waals surface area contributed by atoms with Crippen molar-refractivity contribution in [3.05, 3.63) is 11.6 Å². The molecular formula is C7H10ClN3S. The maximum atomic E-state index is 5.80. The third-order valence-corrected chi connectivity index (χ3v) is 3.67. The Bertz CT molecular complexity index is 257. The predicted molar refractivity (Wildman–Crippen MR) is 50.5 cm³/mol. The molecule has 0 N–H and O–H groups in total. The van der Waals surface area contributed by atoms with E-state index in [2.05, 4.69) is 10.2 Å². The largest absolute Gasteiger partial charge is 0.303 e. The number of thioether (sulfide) groups is 1. The van der Waals surface area contributed by atoms with Gasteiger partial charge < -0.3 is 4.57 Å². The molecule has 1 aromatic heterocycles. The highest BCUT2D eigenvalue weighted by Gasteiger charge is 2.16.